The molecule has 2 atom stereocenters. The Labute approximate surface area is 193 Å². The van der Waals surface area contributed by atoms with Crippen molar-refractivity contribution in [2.45, 2.75) is 44.8 Å². The van der Waals surface area contributed by atoms with Crippen molar-refractivity contribution in [2.75, 3.05) is 77.0 Å². The number of rotatable bonds is 8. The number of nitrogens with zero attached hydrogens (tertiary/aromatic N) is 4. The highest BCUT2D eigenvalue weighted by atomic mass is 16.5. The van der Waals surface area contributed by atoms with E-state index in [4.69, 9.17) is 14.5 Å². The summed E-state index contributed by atoms with van der Waals surface area (Å²) in [5, 5.41) is 3.49. The molecule has 0 radical (unpaired) electrons. The van der Waals surface area contributed by atoms with Crippen LogP contribution in [-0.4, -0.2) is 100 Å². The van der Waals surface area contributed by atoms with Gasteiger partial charge in [-0.25, -0.2) is 0 Å². The fourth-order valence-corrected chi connectivity index (χ4v) is 4.91. The van der Waals surface area contributed by atoms with E-state index in [1.807, 2.05) is 0 Å². The summed E-state index contributed by atoms with van der Waals surface area (Å²) in [6.45, 7) is 13.0. The lowest BCUT2D eigenvalue weighted by Gasteiger charge is -2.37. The molecular formula is C25H41N5O2. The third-order valence-corrected chi connectivity index (χ3v) is 6.75. The van der Waals surface area contributed by atoms with E-state index < -0.39 is 0 Å². The van der Waals surface area contributed by atoms with Crippen molar-refractivity contribution in [3.63, 3.8) is 0 Å². The van der Waals surface area contributed by atoms with Crippen LogP contribution in [0.25, 0.3) is 0 Å². The van der Waals surface area contributed by atoms with Crippen LogP contribution in [0, 0.1) is 0 Å². The molecule has 3 fully saturated rings. The molecule has 4 rings (SSSR count). The summed E-state index contributed by atoms with van der Waals surface area (Å²) in [5.74, 6) is 1.04. The largest absolute Gasteiger partial charge is 0.375 e. The van der Waals surface area contributed by atoms with Crippen LogP contribution in [0.15, 0.2) is 35.3 Å². The Morgan fingerprint density at radius 1 is 1.00 bits per heavy atom. The Morgan fingerprint density at radius 2 is 1.81 bits per heavy atom. The molecule has 0 spiro atoms. The normalized spacial score (nSPS) is 25.3. The summed E-state index contributed by atoms with van der Waals surface area (Å²) < 4.78 is 11.9. The molecule has 32 heavy (non-hydrogen) atoms. The van der Waals surface area contributed by atoms with Crippen molar-refractivity contribution in [2.24, 2.45) is 4.99 Å². The average molecular weight is 444 g/mol. The van der Waals surface area contributed by atoms with Crippen molar-refractivity contribution in [1.82, 2.24) is 15.1 Å². The lowest BCUT2D eigenvalue weighted by molar-refractivity contribution is -0.0817. The average Bonchev–Trinajstić information content (AvgIpc) is 3.39. The third kappa shape index (κ3) is 6.59. The van der Waals surface area contributed by atoms with E-state index in [-0.39, 0.29) is 12.2 Å². The first-order chi connectivity index (χ1) is 15.8. The highest BCUT2D eigenvalue weighted by Gasteiger charge is 2.32. The number of para-hydroxylation sites is 1. The number of hydrogen-bond acceptors (Lipinski definition) is 5. The van der Waals surface area contributed by atoms with Crippen molar-refractivity contribution >= 4 is 11.6 Å². The molecule has 3 aliphatic rings. The molecular weight excluding hydrogens is 402 g/mol. The number of anilines is 1. The molecule has 7 heteroatoms. The fourth-order valence-electron chi connectivity index (χ4n) is 4.91. The summed E-state index contributed by atoms with van der Waals surface area (Å²) in [7, 11) is 0. The maximum absolute atomic E-state index is 6.01. The van der Waals surface area contributed by atoms with E-state index in [0.29, 0.717) is 0 Å². The first-order valence-electron chi connectivity index (χ1n) is 12.6. The minimum absolute atomic E-state index is 0.171. The number of aliphatic imine (C=N–C) groups is 1. The van der Waals surface area contributed by atoms with Crippen LogP contribution < -0.4 is 10.2 Å². The topological polar surface area (TPSA) is 52.6 Å². The van der Waals surface area contributed by atoms with Crippen LogP contribution in [-0.2, 0) is 9.47 Å². The highest BCUT2D eigenvalue weighted by molar-refractivity contribution is 5.80. The molecule has 178 valence electrons. The van der Waals surface area contributed by atoms with Gasteiger partial charge in [0.2, 0.25) is 0 Å². The standard InChI is InChI=1S/C25H41N5O2/c1-2-26-25(30-18-20-32-24(21-30)23-11-8-19-31-23)27-12-6-7-13-28-14-16-29(17-15-28)22-9-4-3-5-10-22/h3-5,9-10,23-24H,2,6-8,11-21H2,1H3,(H,26,27). The Hall–Kier alpha value is -1.83. The summed E-state index contributed by atoms with van der Waals surface area (Å²) in [6.07, 6.45) is 5.03. The van der Waals surface area contributed by atoms with Gasteiger partial charge in [0, 0.05) is 64.7 Å². The molecule has 0 saturated carbocycles. The Balaban J connectivity index is 1.16. The number of benzene rings is 1. The molecule has 1 N–H and O–H groups in total. The van der Waals surface area contributed by atoms with Gasteiger partial charge in [-0.3, -0.25) is 9.89 Å². The number of unbranched alkanes of at least 4 members (excludes halogenated alkanes) is 1. The van der Waals surface area contributed by atoms with Crippen molar-refractivity contribution in [1.29, 1.82) is 0 Å². The predicted molar refractivity (Wildman–Crippen MR) is 131 cm³/mol. The van der Waals surface area contributed by atoms with E-state index >= 15 is 0 Å². The lowest BCUT2D eigenvalue weighted by atomic mass is 10.1. The highest BCUT2D eigenvalue weighted by Crippen LogP contribution is 2.21. The number of hydrogen-bond donors (Lipinski definition) is 1. The zero-order valence-corrected chi connectivity index (χ0v) is 19.8. The zero-order valence-electron chi connectivity index (χ0n) is 19.8. The zero-order chi connectivity index (χ0) is 22.0. The molecule has 1 aromatic carbocycles. The molecule has 0 aromatic heterocycles. The third-order valence-electron chi connectivity index (χ3n) is 6.75. The smallest absolute Gasteiger partial charge is 0.194 e. The van der Waals surface area contributed by atoms with Crippen LogP contribution in [0.5, 0.6) is 0 Å². The van der Waals surface area contributed by atoms with Gasteiger partial charge in [-0.15, -0.1) is 0 Å². The van der Waals surface area contributed by atoms with E-state index in [2.05, 4.69) is 57.3 Å². The van der Waals surface area contributed by atoms with Gasteiger partial charge in [0.1, 0.15) is 6.10 Å². The maximum Gasteiger partial charge on any atom is 0.194 e. The molecule has 0 bridgehead atoms. The minimum Gasteiger partial charge on any atom is -0.375 e. The predicted octanol–water partition coefficient (Wildman–Crippen LogP) is 2.43. The maximum atomic E-state index is 6.01. The van der Waals surface area contributed by atoms with Crippen molar-refractivity contribution in [3.05, 3.63) is 30.3 Å². The summed E-state index contributed by atoms with van der Waals surface area (Å²) in [5.41, 5.74) is 1.35. The Bertz CT molecular complexity index is 687. The second-order valence-corrected chi connectivity index (χ2v) is 9.01. The van der Waals surface area contributed by atoms with Crippen LogP contribution in [0.4, 0.5) is 5.69 Å². The summed E-state index contributed by atoms with van der Waals surface area (Å²) in [4.78, 5) is 12.4. The van der Waals surface area contributed by atoms with Crippen LogP contribution in [0.1, 0.15) is 32.6 Å². The number of guanidine groups is 1. The van der Waals surface area contributed by atoms with Gasteiger partial charge in [-0.1, -0.05) is 18.2 Å². The molecule has 2 unspecified atom stereocenters. The van der Waals surface area contributed by atoms with Gasteiger partial charge in [0.15, 0.2) is 5.96 Å². The minimum atomic E-state index is 0.171. The molecule has 0 amide bonds. The van der Waals surface area contributed by atoms with Crippen LogP contribution >= 0.6 is 0 Å². The quantitative estimate of drug-likeness (QED) is 0.378. The molecule has 3 aliphatic heterocycles. The van der Waals surface area contributed by atoms with Crippen molar-refractivity contribution in [3.8, 4) is 0 Å². The van der Waals surface area contributed by atoms with E-state index in [1.165, 1.54) is 18.7 Å². The first kappa shape index (κ1) is 23.3. The van der Waals surface area contributed by atoms with Gasteiger partial charge >= 0.3 is 0 Å². The second-order valence-electron chi connectivity index (χ2n) is 9.01. The molecule has 7 nitrogen and oxygen atoms in total. The number of ether oxygens (including phenoxy) is 2. The first-order valence-corrected chi connectivity index (χ1v) is 12.6. The van der Waals surface area contributed by atoms with Crippen LogP contribution in [0.2, 0.25) is 0 Å². The molecule has 1 aromatic rings. The fraction of sp³-hybridized carbons (Fsp3) is 0.720. The number of piperazine rings is 1. The van der Waals surface area contributed by atoms with Crippen molar-refractivity contribution < 1.29 is 9.47 Å². The summed E-state index contributed by atoms with van der Waals surface area (Å²) in [6, 6.07) is 10.8. The molecule has 3 heterocycles. The van der Waals surface area contributed by atoms with Gasteiger partial charge in [0.25, 0.3) is 0 Å². The van der Waals surface area contributed by atoms with E-state index in [9.17, 15) is 0 Å². The summed E-state index contributed by atoms with van der Waals surface area (Å²) >= 11 is 0. The van der Waals surface area contributed by atoms with Gasteiger partial charge < -0.3 is 24.6 Å². The monoisotopic (exact) mass is 443 g/mol. The van der Waals surface area contributed by atoms with Gasteiger partial charge in [0.05, 0.1) is 12.7 Å². The number of nitrogens with one attached hydrogen (secondary N) is 1. The Morgan fingerprint density at radius 3 is 2.56 bits per heavy atom. The molecule has 0 aliphatic carbocycles. The van der Waals surface area contributed by atoms with Gasteiger partial charge in [-0.2, -0.15) is 0 Å². The number of morpholine rings is 1. The van der Waals surface area contributed by atoms with Gasteiger partial charge in [-0.05, 0) is 51.3 Å². The van der Waals surface area contributed by atoms with E-state index in [1.54, 1.807) is 0 Å². The Kier molecular flexibility index (Phi) is 9.06. The second kappa shape index (κ2) is 12.4. The molecule has 3 saturated heterocycles. The lowest BCUT2D eigenvalue weighted by Crippen LogP contribution is -2.53. The van der Waals surface area contributed by atoms with Crippen LogP contribution in [0.3, 0.4) is 0 Å². The van der Waals surface area contributed by atoms with E-state index in [0.717, 1.165) is 90.8 Å². The SMILES string of the molecule is CCNC(=NCCCCN1CCN(c2ccccc2)CC1)N1CCOC(C2CCCO2)C1.